The Bertz CT molecular complexity index is 526. The predicted molar refractivity (Wildman–Crippen MR) is 79.1 cm³/mol. The maximum Gasteiger partial charge on any atom is 0.192 e. The molecule has 0 bridgehead atoms. The molecule has 0 aliphatic rings. The maximum atomic E-state index is 12.8. The third-order valence-corrected chi connectivity index (χ3v) is 3.49. The average Bonchev–Trinajstić information content (AvgIpc) is 2.43. The molecule has 1 aromatic heterocycles. The van der Waals surface area contributed by atoms with Crippen LogP contribution in [0, 0.1) is 11.7 Å². The Morgan fingerprint density at radius 1 is 1.15 bits per heavy atom. The van der Waals surface area contributed by atoms with E-state index in [1.54, 1.807) is 12.1 Å². The Morgan fingerprint density at radius 3 is 2.40 bits per heavy atom. The third kappa shape index (κ3) is 4.90. The summed E-state index contributed by atoms with van der Waals surface area (Å²) in [4.78, 5) is 9.55. The van der Waals surface area contributed by atoms with Gasteiger partial charge in [0.2, 0.25) is 0 Å². The van der Waals surface area contributed by atoms with Crippen molar-refractivity contribution < 1.29 is 4.39 Å². The number of halogens is 1. The summed E-state index contributed by atoms with van der Waals surface area (Å²) in [6, 6.07) is 6.32. The van der Waals surface area contributed by atoms with E-state index in [-0.39, 0.29) is 5.82 Å². The monoisotopic (exact) mass is 291 g/mol. The van der Waals surface area contributed by atoms with Crippen LogP contribution < -0.4 is 5.32 Å². The first-order valence-corrected chi connectivity index (χ1v) is 7.40. The zero-order valence-electron chi connectivity index (χ0n) is 11.6. The summed E-state index contributed by atoms with van der Waals surface area (Å²) in [7, 11) is 0. The normalized spacial score (nSPS) is 11.0. The molecule has 1 heterocycles. The van der Waals surface area contributed by atoms with E-state index in [0.717, 1.165) is 23.5 Å². The van der Waals surface area contributed by atoms with Crippen LogP contribution in [0.3, 0.4) is 0 Å². The molecule has 1 aromatic carbocycles. The van der Waals surface area contributed by atoms with Crippen LogP contribution in [0.15, 0.2) is 46.7 Å². The number of hydrogen-bond acceptors (Lipinski definition) is 4. The summed E-state index contributed by atoms with van der Waals surface area (Å²) in [6.07, 6.45) is 3.65. The molecule has 0 spiro atoms. The maximum absolute atomic E-state index is 12.8. The molecule has 2 rings (SSSR count). The largest absolute Gasteiger partial charge is 0.312 e. The second-order valence-electron chi connectivity index (χ2n) is 4.95. The van der Waals surface area contributed by atoms with E-state index in [0.29, 0.717) is 11.1 Å². The molecule has 0 radical (unpaired) electrons. The Kier molecular flexibility index (Phi) is 5.49. The molecule has 5 heteroatoms. The molecular weight excluding hydrogens is 273 g/mol. The molecule has 0 unspecified atom stereocenters. The van der Waals surface area contributed by atoms with E-state index in [2.05, 4.69) is 29.1 Å². The molecule has 0 aliphatic carbocycles. The van der Waals surface area contributed by atoms with Gasteiger partial charge in [0.15, 0.2) is 5.16 Å². The van der Waals surface area contributed by atoms with Crippen LogP contribution in [-0.2, 0) is 6.54 Å². The molecule has 2 aromatic rings. The summed E-state index contributed by atoms with van der Waals surface area (Å²) < 4.78 is 12.8. The quantitative estimate of drug-likeness (QED) is 0.827. The fourth-order valence-corrected chi connectivity index (χ4v) is 2.29. The van der Waals surface area contributed by atoms with Gasteiger partial charge in [0, 0.05) is 29.4 Å². The van der Waals surface area contributed by atoms with E-state index < -0.39 is 0 Å². The van der Waals surface area contributed by atoms with Crippen LogP contribution in [0.1, 0.15) is 19.4 Å². The number of nitrogens with one attached hydrogen (secondary N) is 1. The Labute approximate surface area is 123 Å². The van der Waals surface area contributed by atoms with Crippen molar-refractivity contribution in [1.82, 2.24) is 15.3 Å². The first-order valence-electron chi connectivity index (χ1n) is 6.58. The lowest BCUT2D eigenvalue weighted by Crippen LogP contribution is -2.19. The van der Waals surface area contributed by atoms with Crippen molar-refractivity contribution in [1.29, 1.82) is 0 Å². The minimum absolute atomic E-state index is 0.234. The van der Waals surface area contributed by atoms with Gasteiger partial charge < -0.3 is 5.32 Å². The van der Waals surface area contributed by atoms with Crippen molar-refractivity contribution in [3.63, 3.8) is 0 Å². The second kappa shape index (κ2) is 7.36. The van der Waals surface area contributed by atoms with Gasteiger partial charge in [-0.2, -0.15) is 0 Å². The van der Waals surface area contributed by atoms with Crippen LogP contribution in [0.4, 0.5) is 4.39 Å². The Morgan fingerprint density at radius 2 is 1.80 bits per heavy atom. The van der Waals surface area contributed by atoms with Crippen molar-refractivity contribution >= 4 is 11.8 Å². The minimum Gasteiger partial charge on any atom is -0.312 e. The highest BCUT2D eigenvalue weighted by Crippen LogP contribution is 2.24. The number of aromatic nitrogens is 2. The molecule has 0 fully saturated rings. The van der Waals surface area contributed by atoms with Gasteiger partial charge in [-0.3, -0.25) is 0 Å². The van der Waals surface area contributed by atoms with E-state index in [9.17, 15) is 4.39 Å². The van der Waals surface area contributed by atoms with E-state index >= 15 is 0 Å². The van der Waals surface area contributed by atoms with Crippen LogP contribution in [0.2, 0.25) is 0 Å². The van der Waals surface area contributed by atoms with E-state index in [1.807, 2.05) is 12.4 Å². The molecule has 0 saturated carbocycles. The first kappa shape index (κ1) is 14.9. The van der Waals surface area contributed by atoms with Crippen LogP contribution in [0.5, 0.6) is 0 Å². The highest BCUT2D eigenvalue weighted by atomic mass is 32.2. The SMILES string of the molecule is CC(C)CNCc1cnc(Sc2ccc(F)cc2)nc1. The molecule has 0 atom stereocenters. The van der Waals surface area contributed by atoms with Crippen molar-refractivity contribution in [2.24, 2.45) is 5.92 Å². The number of benzene rings is 1. The van der Waals surface area contributed by atoms with E-state index in [4.69, 9.17) is 0 Å². The lowest BCUT2D eigenvalue weighted by molar-refractivity contribution is 0.550. The minimum atomic E-state index is -0.234. The summed E-state index contributed by atoms with van der Waals surface area (Å²) in [5.74, 6) is 0.395. The predicted octanol–water partition coefficient (Wildman–Crippen LogP) is 3.51. The van der Waals surface area contributed by atoms with E-state index in [1.165, 1.54) is 23.9 Å². The van der Waals surface area contributed by atoms with Gasteiger partial charge in [0.1, 0.15) is 5.82 Å². The lowest BCUT2D eigenvalue weighted by atomic mass is 10.2. The average molecular weight is 291 g/mol. The van der Waals surface area contributed by atoms with Gasteiger partial charge in [-0.25, -0.2) is 14.4 Å². The Hall–Kier alpha value is -1.46. The lowest BCUT2D eigenvalue weighted by Gasteiger charge is -2.07. The smallest absolute Gasteiger partial charge is 0.192 e. The molecule has 0 amide bonds. The second-order valence-corrected chi connectivity index (χ2v) is 6.00. The van der Waals surface area contributed by atoms with Gasteiger partial charge in [-0.05, 0) is 48.5 Å². The van der Waals surface area contributed by atoms with Crippen LogP contribution in [0.25, 0.3) is 0 Å². The van der Waals surface area contributed by atoms with Crippen molar-refractivity contribution in [3.8, 4) is 0 Å². The molecule has 106 valence electrons. The molecular formula is C15H18FN3S. The van der Waals surface area contributed by atoms with Crippen molar-refractivity contribution in [2.45, 2.75) is 30.4 Å². The molecule has 0 saturated heterocycles. The third-order valence-electron chi connectivity index (χ3n) is 2.59. The van der Waals surface area contributed by atoms with Crippen molar-refractivity contribution in [2.75, 3.05) is 6.54 Å². The summed E-state index contributed by atoms with van der Waals surface area (Å²) in [6.45, 7) is 6.10. The summed E-state index contributed by atoms with van der Waals surface area (Å²) >= 11 is 1.42. The topological polar surface area (TPSA) is 37.8 Å². The summed E-state index contributed by atoms with van der Waals surface area (Å²) in [5, 5.41) is 4.02. The Balaban J connectivity index is 1.89. The van der Waals surface area contributed by atoms with Crippen LogP contribution >= 0.6 is 11.8 Å². The first-order chi connectivity index (χ1) is 9.63. The molecule has 3 nitrogen and oxygen atoms in total. The van der Waals surface area contributed by atoms with Crippen LogP contribution in [-0.4, -0.2) is 16.5 Å². The van der Waals surface area contributed by atoms with Gasteiger partial charge >= 0.3 is 0 Å². The molecule has 1 N–H and O–H groups in total. The fraction of sp³-hybridized carbons (Fsp3) is 0.333. The summed E-state index contributed by atoms with van der Waals surface area (Å²) in [5.41, 5.74) is 1.06. The van der Waals surface area contributed by atoms with Gasteiger partial charge in [0.05, 0.1) is 0 Å². The van der Waals surface area contributed by atoms with Crippen molar-refractivity contribution in [3.05, 3.63) is 48.0 Å². The fourth-order valence-electron chi connectivity index (χ4n) is 1.60. The molecule has 20 heavy (non-hydrogen) atoms. The molecule has 0 aliphatic heterocycles. The highest BCUT2D eigenvalue weighted by molar-refractivity contribution is 7.99. The van der Waals surface area contributed by atoms with Gasteiger partial charge in [-0.1, -0.05) is 13.8 Å². The number of rotatable bonds is 6. The number of hydrogen-bond donors (Lipinski definition) is 1. The zero-order chi connectivity index (χ0) is 14.4. The van der Waals surface area contributed by atoms with Gasteiger partial charge in [-0.15, -0.1) is 0 Å². The standard InChI is InChI=1S/C15H18FN3S/c1-11(2)7-17-8-12-9-18-15(19-10-12)20-14-5-3-13(16)4-6-14/h3-6,9-11,17H,7-8H2,1-2H3. The highest BCUT2D eigenvalue weighted by Gasteiger charge is 2.02. The number of nitrogens with zero attached hydrogens (tertiary/aromatic N) is 2. The van der Waals surface area contributed by atoms with Gasteiger partial charge in [0.25, 0.3) is 0 Å². The zero-order valence-corrected chi connectivity index (χ0v) is 12.5.